The fraction of sp³-hybridized carbons (Fsp3) is 0.474. The number of benzene rings is 1. The van der Waals surface area contributed by atoms with E-state index in [1.807, 2.05) is 30.3 Å². The van der Waals surface area contributed by atoms with Crippen LogP contribution in [0.3, 0.4) is 0 Å². The fourth-order valence-corrected chi connectivity index (χ4v) is 2.25. The number of nitrogens with one attached hydrogen (secondary N) is 1. The Bertz CT molecular complexity index is 555. The Balaban J connectivity index is 2.50. The normalized spacial score (nSPS) is 11.0. The van der Waals surface area contributed by atoms with Gasteiger partial charge in [-0.2, -0.15) is 0 Å². The molecular formula is C19H30N4O2. The molecular weight excluding hydrogens is 316 g/mol. The predicted molar refractivity (Wildman–Crippen MR) is 103 cm³/mol. The lowest BCUT2D eigenvalue weighted by molar-refractivity contribution is -0.119. The minimum absolute atomic E-state index is 0.103. The molecule has 0 saturated heterocycles. The summed E-state index contributed by atoms with van der Waals surface area (Å²) in [5.74, 6) is 1.08. The van der Waals surface area contributed by atoms with Crippen molar-refractivity contribution in [1.29, 1.82) is 0 Å². The van der Waals surface area contributed by atoms with Crippen LogP contribution < -0.4 is 15.8 Å². The Labute approximate surface area is 150 Å². The largest absolute Gasteiger partial charge is 0.484 e. The number of guanidine groups is 1. The van der Waals surface area contributed by atoms with Crippen molar-refractivity contribution < 1.29 is 9.53 Å². The molecule has 1 rings (SSSR count). The number of allylic oxidation sites excluding steroid dienone is 1. The number of hydrogen-bond acceptors (Lipinski definition) is 3. The van der Waals surface area contributed by atoms with Crippen molar-refractivity contribution in [3.05, 3.63) is 42.5 Å². The van der Waals surface area contributed by atoms with Crippen LogP contribution >= 0.6 is 0 Å². The number of carbonyl (C=O) groups excluding carboxylic acids is 1. The smallest absolute Gasteiger partial charge is 0.255 e. The fourth-order valence-electron chi connectivity index (χ4n) is 2.25. The third-order valence-corrected chi connectivity index (χ3v) is 3.56. The molecule has 0 radical (unpaired) electrons. The summed E-state index contributed by atoms with van der Waals surface area (Å²) in [6, 6.07) is 7.64. The van der Waals surface area contributed by atoms with Crippen LogP contribution in [0.25, 0.3) is 0 Å². The molecule has 0 unspecified atom stereocenters. The van der Waals surface area contributed by atoms with Gasteiger partial charge in [-0.15, -0.1) is 6.58 Å². The second kappa shape index (κ2) is 11.9. The van der Waals surface area contributed by atoms with Gasteiger partial charge in [0.1, 0.15) is 5.75 Å². The topological polar surface area (TPSA) is 79.9 Å². The van der Waals surface area contributed by atoms with Crippen LogP contribution in [0.4, 0.5) is 0 Å². The minimum atomic E-state index is -0.480. The summed E-state index contributed by atoms with van der Waals surface area (Å²) >= 11 is 0. The number of rotatable bonds is 11. The summed E-state index contributed by atoms with van der Waals surface area (Å²) < 4.78 is 5.25. The molecule has 1 aromatic carbocycles. The molecule has 0 fully saturated rings. The maximum Gasteiger partial charge on any atom is 0.255 e. The number of unbranched alkanes of at least 4 members (excludes halogenated alkanes) is 1. The molecule has 25 heavy (non-hydrogen) atoms. The van der Waals surface area contributed by atoms with E-state index in [1.165, 1.54) is 5.56 Å². The van der Waals surface area contributed by atoms with Gasteiger partial charge in [0.2, 0.25) is 0 Å². The molecule has 3 N–H and O–H groups in total. The van der Waals surface area contributed by atoms with Crippen LogP contribution in [0, 0.1) is 0 Å². The van der Waals surface area contributed by atoms with Crippen molar-refractivity contribution in [2.24, 2.45) is 10.7 Å². The van der Waals surface area contributed by atoms with E-state index < -0.39 is 5.91 Å². The summed E-state index contributed by atoms with van der Waals surface area (Å²) in [6.07, 6.45) is 4.85. The van der Waals surface area contributed by atoms with Gasteiger partial charge in [0.15, 0.2) is 12.6 Å². The first kappa shape index (κ1) is 20.5. The lowest BCUT2D eigenvalue weighted by Gasteiger charge is -2.21. The zero-order valence-corrected chi connectivity index (χ0v) is 15.3. The second-order valence-corrected chi connectivity index (χ2v) is 5.74. The van der Waals surface area contributed by atoms with E-state index in [-0.39, 0.29) is 6.61 Å². The highest BCUT2D eigenvalue weighted by Gasteiger charge is 2.04. The molecule has 138 valence electrons. The Morgan fingerprint density at radius 2 is 2.12 bits per heavy atom. The van der Waals surface area contributed by atoms with Crippen LogP contribution in [-0.4, -0.2) is 50.1 Å². The number of amides is 1. The standard InChI is InChI=1S/C19H30N4O2/c1-4-6-7-14-23(3)19(21-5-2)22-13-12-16-8-10-17(11-9-16)25-15-18(20)24/h4,8-11H,1,5-7,12-15H2,2-3H3,(H2,20,24)(H,21,22). The Kier molecular flexibility index (Phi) is 9.82. The summed E-state index contributed by atoms with van der Waals surface area (Å²) in [7, 11) is 2.05. The summed E-state index contributed by atoms with van der Waals surface area (Å²) in [4.78, 5) is 17.5. The summed E-state index contributed by atoms with van der Waals surface area (Å²) in [5.41, 5.74) is 6.23. The van der Waals surface area contributed by atoms with E-state index in [1.54, 1.807) is 0 Å². The van der Waals surface area contributed by atoms with Gasteiger partial charge >= 0.3 is 0 Å². The molecule has 0 aliphatic rings. The first-order chi connectivity index (χ1) is 12.1. The summed E-state index contributed by atoms with van der Waals surface area (Å²) in [5, 5.41) is 3.32. The van der Waals surface area contributed by atoms with E-state index in [0.29, 0.717) is 12.3 Å². The van der Waals surface area contributed by atoms with Gasteiger partial charge in [-0.05, 0) is 43.9 Å². The number of hydrogen-bond donors (Lipinski definition) is 2. The van der Waals surface area contributed by atoms with Crippen LogP contribution in [-0.2, 0) is 11.2 Å². The monoisotopic (exact) mass is 346 g/mol. The molecule has 1 aromatic rings. The minimum Gasteiger partial charge on any atom is -0.484 e. The van der Waals surface area contributed by atoms with E-state index in [0.717, 1.165) is 38.3 Å². The highest BCUT2D eigenvalue weighted by Crippen LogP contribution is 2.12. The molecule has 0 spiro atoms. The molecule has 0 aromatic heterocycles. The molecule has 0 bridgehead atoms. The van der Waals surface area contributed by atoms with Gasteiger partial charge in [-0.1, -0.05) is 18.2 Å². The van der Waals surface area contributed by atoms with Crippen LogP contribution in [0.1, 0.15) is 25.3 Å². The lowest BCUT2D eigenvalue weighted by Crippen LogP contribution is -2.39. The van der Waals surface area contributed by atoms with Gasteiger partial charge in [-0.3, -0.25) is 9.79 Å². The van der Waals surface area contributed by atoms with Crippen molar-refractivity contribution in [3.8, 4) is 5.75 Å². The molecule has 6 nitrogen and oxygen atoms in total. The van der Waals surface area contributed by atoms with Gasteiger partial charge in [0.05, 0.1) is 0 Å². The second-order valence-electron chi connectivity index (χ2n) is 5.74. The van der Waals surface area contributed by atoms with Gasteiger partial charge in [0.25, 0.3) is 5.91 Å². The van der Waals surface area contributed by atoms with Crippen molar-refractivity contribution >= 4 is 11.9 Å². The maximum atomic E-state index is 10.7. The first-order valence-corrected chi connectivity index (χ1v) is 8.67. The molecule has 0 aliphatic heterocycles. The van der Waals surface area contributed by atoms with Gasteiger partial charge < -0.3 is 20.7 Å². The van der Waals surface area contributed by atoms with Gasteiger partial charge in [-0.25, -0.2) is 0 Å². The van der Waals surface area contributed by atoms with Crippen LogP contribution in [0.2, 0.25) is 0 Å². The van der Waals surface area contributed by atoms with E-state index in [2.05, 4.69) is 35.8 Å². The Morgan fingerprint density at radius 1 is 1.40 bits per heavy atom. The average Bonchev–Trinajstić information content (AvgIpc) is 2.60. The van der Waals surface area contributed by atoms with Crippen molar-refractivity contribution in [1.82, 2.24) is 10.2 Å². The lowest BCUT2D eigenvalue weighted by atomic mass is 10.1. The van der Waals surface area contributed by atoms with E-state index >= 15 is 0 Å². The van der Waals surface area contributed by atoms with Gasteiger partial charge in [0, 0.05) is 26.7 Å². The van der Waals surface area contributed by atoms with Crippen molar-refractivity contribution in [2.75, 3.05) is 33.3 Å². The van der Waals surface area contributed by atoms with Crippen molar-refractivity contribution in [2.45, 2.75) is 26.2 Å². The number of carbonyl (C=O) groups is 1. The first-order valence-electron chi connectivity index (χ1n) is 8.67. The average molecular weight is 346 g/mol. The molecule has 0 heterocycles. The maximum absolute atomic E-state index is 10.7. The number of primary amides is 1. The van der Waals surface area contributed by atoms with E-state index in [4.69, 9.17) is 10.5 Å². The number of aliphatic imine (C=N–C) groups is 1. The highest BCUT2D eigenvalue weighted by atomic mass is 16.5. The third-order valence-electron chi connectivity index (χ3n) is 3.56. The number of nitrogens with two attached hydrogens (primary N) is 1. The number of ether oxygens (including phenoxy) is 1. The zero-order valence-electron chi connectivity index (χ0n) is 15.3. The molecule has 0 aliphatic carbocycles. The Morgan fingerprint density at radius 3 is 2.72 bits per heavy atom. The third kappa shape index (κ3) is 8.79. The van der Waals surface area contributed by atoms with Crippen LogP contribution in [0.15, 0.2) is 41.9 Å². The SMILES string of the molecule is C=CCCCN(C)C(=NCCc1ccc(OCC(N)=O)cc1)NCC. The highest BCUT2D eigenvalue weighted by molar-refractivity contribution is 5.79. The Hall–Kier alpha value is -2.50. The van der Waals surface area contributed by atoms with Crippen LogP contribution in [0.5, 0.6) is 5.75 Å². The molecule has 0 saturated carbocycles. The quantitative estimate of drug-likeness (QED) is 0.278. The predicted octanol–water partition coefficient (Wildman–Crippen LogP) is 1.96. The van der Waals surface area contributed by atoms with E-state index in [9.17, 15) is 4.79 Å². The van der Waals surface area contributed by atoms with Crippen molar-refractivity contribution in [3.63, 3.8) is 0 Å². The molecule has 0 atom stereocenters. The molecule has 1 amide bonds. The number of nitrogens with zero attached hydrogens (tertiary/aromatic N) is 2. The molecule has 6 heteroatoms. The summed E-state index contributed by atoms with van der Waals surface area (Å²) in [6.45, 7) is 8.21. The zero-order chi connectivity index (χ0) is 18.5.